The minimum Gasteiger partial charge on any atom is -0.357 e. The zero-order valence-electron chi connectivity index (χ0n) is 13.9. The van der Waals surface area contributed by atoms with Crippen LogP contribution in [0.25, 0.3) is 21.7 Å². The van der Waals surface area contributed by atoms with Crippen LogP contribution in [0, 0.1) is 0 Å². The van der Waals surface area contributed by atoms with E-state index < -0.39 is 0 Å². The number of nitrogens with one attached hydrogen (secondary N) is 1. The molecule has 5 heteroatoms. The molecular weight excluding hydrogens is 328 g/mol. The highest BCUT2D eigenvalue weighted by Crippen LogP contribution is 2.29. The molecule has 2 heterocycles. The molecule has 0 aliphatic rings. The fourth-order valence-electron chi connectivity index (χ4n) is 2.77. The minimum atomic E-state index is 0.694. The van der Waals surface area contributed by atoms with Gasteiger partial charge < -0.3 is 5.32 Å². The number of benzene rings is 2. The van der Waals surface area contributed by atoms with Crippen molar-refractivity contribution in [2.75, 3.05) is 5.32 Å². The number of hydrogen-bond donors (Lipinski definition) is 1. The van der Waals surface area contributed by atoms with E-state index in [1.54, 1.807) is 11.3 Å². The van der Waals surface area contributed by atoms with Crippen LogP contribution in [0.15, 0.2) is 73.1 Å². The first-order chi connectivity index (χ1) is 12.3. The zero-order chi connectivity index (χ0) is 17.1. The molecule has 0 radical (unpaired) electrons. The maximum absolute atomic E-state index is 4.61. The van der Waals surface area contributed by atoms with E-state index in [0.29, 0.717) is 6.54 Å². The van der Waals surface area contributed by atoms with E-state index in [2.05, 4.69) is 45.9 Å². The van der Waals surface area contributed by atoms with Crippen molar-refractivity contribution >= 4 is 16.5 Å². The molecule has 2 aromatic heterocycles. The summed E-state index contributed by atoms with van der Waals surface area (Å²) in [6.07, 6.45) is 3.98. The Kier molecular flexibility index (Phi) is 4.31. The van der Waals surface area contributed by atoms with Crippen LogP contribution in [0.3, 0.4) is 0 Å². The Morgan fingerprint density at radius 2 is 1.64 bits per heavy atom. The maximum atomic E-state index is 4.61. The van der Waals surface area contributed by atoms with E-state index in [1.165, 1.54) is 5.56 Å². The molecule has 0 spiro atoms. The lowest BCUT2D eigenvalue weighted by Crippen LogP contribution is -1.99. The van der Waals surface area contributed by atoms with Crippen LogP contribution in [-0.2, 0) is 13.6 Å². The first-order valence-electron chi connectivity index (χ1n) is 8.12. The summed E-state index contributed by atoms with van der Waals surface area (Å²) in [6, 6.07) is 20.6. The molecule has 0 fully saturated rings. The second-order valence-electron chi connectivity index (χ2n) is 5.79. The second kappa shape index (κ2) is 6.91. The minimum absolute atomic E-state index is 0.694. The summed E-state index contributed by atoms with van der Waals surface area (Å²) >= 11 is 1.66. The Hall–Kier alpha value is -2.92. The SMILES string of the molecule is Cn1cc(CNc2ncc(-c3ccccc3)s2)c(-c2ccccc2)n1. The molecule has 0 amide bonds. The summed E-state index contributed by atoms with van der Waals surface area (Å²) < 4.78 is 1.86. The summed E-state index contributed by atoms with van der Waals surface area (Å²) in [5.74, 6) is 0. The predicted octanol–water partition coefficient (Wildman–Crippen LogP) is 4.82. The van der Waals surface area contributed by atoms with Crippen LogP contribution in [0.4, 0.5) is 5.13 Å². The molecule has 0 aliphatic carbocycles. The third-order valence-corrected chi connectivity index (χ3v) is 4.95. The van der Waals surface area contributed by atoms with Crippen molar-refractivity contribution < 1.29 is 0 Å². The van der Waals surface area contributed by atoms with Crippen molar-refractivity contribution in [2.45, 2.75) is 6.54 Å². The van der Waals surface area contributed by atoms with Crippen LogP contribution in [0.5, 0.6) is 0 Å². The number of aromatic nitrogens is 3. The number of thiazole rings is 1. The average molecular weight is 346 g/mol. The molecule has 124 valence electrons. The monoisotopic (exact) mass is 346 g/mol. The Labute approximate surface area is 150 Å². The van der Waals surface area contributed by atoms with Crippen molar-refractivity contribution in [1.82, 2.24) is 14.8 Å². The van der Waals surface area contributed by atoms with E-state index >= 15 is 0 Å². The molecule has 1 N–H and O–H groups in total. The van der Waals surface area contributed by atoms with E-state index in [9.17, 15) is 0 Å². The predicted molar refractivity (Wildman–Crippen MR) is 104 cm³/mol. The van der Waals surface area contributed by atoms with Gasteiger partial charge in [0.25, 0.3) is 0 Å². The van der Waals surface area contributed by atoms with Crippen LogP contribution >= 0.6 is 11.3 Å². The lowest BCUT2D eigenvalue weighted by atomic mass is 10.1. The molecule has 0 saturated heterocycles. The van der Waals surface area contributed by atoms with Gasteiger partial charge in [0.2, 0.25) is 0 Å². The Bertz CT molecular complexity index is 958. The highest BCUT2D eigenvalue weighted by Gasteiger charge is 2.11. The number of nitrogens with zero attached hydrogens (tertiary/aromatic N) is 3. The van der Waals surface area contributed by atoms with Crippen molar-refractivity contribution in [3.8, 4) is 21.7 Å². The van der Waals surface area contributed by atoms with E-state index in [0.717, 1.165) is 26.8 Å². The van der Waals surface area contributed by atoms with Crippen LogP contribution < -0.4 is 5.32 Å². The quantitative estimate of drug-likeness (QED) is 0.563. The van der Waals surface area contributed by atoms with E-state index in [1.807, 2.05) is 54.3 Å². The molecule has 0 bridgehead atoms. The smallest absolute Gasteiger partial charge is 0.183 e. The van der Waals surface area contributed by atoms with Crippen LogP contribution in [0.2, 0.25) is 0 Å². The van der Waals surface area contributed by atoms with Crippen molar-refractivity contribution in [3.05, 3.63) is 78.6 Å². The van der Waals surface area contributed by atoms with Gasteiger partial charge in [-0.3, -0.25) is 4.68 Å². The third kappa shape index (κ3) is 3.46. The van der Waals surface area contributed by atoms with E-state index in [-0.39, 0.29) is 0 Å². The number of anilines is 1. The number of aryl methyl sites for hydroxylation is 1. The summed E-state index contributed by atoms with van der Waals surface area (Å²) in [5.41, 5.74) is 4.49. The van der Waals surface area contributed by atoms with Crippen LogP contribution in [0.1, 0.15) is 5.56 Å². The fourth-order valence-corrected chi connectivity index (χ4v) is 3.59. The molecule has 0 unspecified atom stereocenters. The van der Waals surface area contributed by atoms with Gasteiger partial charge in [-0.1, -0.05) is 72.0 Å². The Morgan fingerprint density at radius 3 is 2.36 bits per heavy atom. The standard InChI is InChI=1S/C20H18N4S/c1-24-14-17(19(23-24)16-10-6-3-7-11-16)12-21-20-22-13-18(25-20)15-8-4-2-5-9-15/h2-11,13-14H,12H2,1H3,(H,21,22). The molecule has 2 aromatic carbocycles. The molecule has 4 aromatic rings. The van der Waals surface area contributed by atoms with Gasteiger partial charge in [-0.15, -0.1) is 0 Å². The normalized spacial score (nSPS) is 10.8. The number of rotatable bonds is 5. The third-order valence-electron chi connectivity index (χ3n) is 3.95. The lowest BCUT2D eigenvalue weighted by Gasteiger charge is -2.03. The van der Waals surface area contributed by atoms with E-state index in [4.69, 9.17) is 0 Å². The first kappa shape index (κ1) is 15.6. The maximum Gasteiger partial charge on any atom is 0.183 e. The average Bonchev–Trinajstić information content (AvgIpc) is 3.28. The van der Waals surface area contributed by atoms with Gasteiger partial charge in [-0.05, 0) is 5.56 Å². The molecule has 0 atom stereocenters. The highest BCUT2D eigenvalue weighted by atomic mass is 32.1. The lowest BCUT2D eigenvalue weighted by molar-refractivity contribution is 0.770. The van der Waals surface area contributed by atoms with Crippen LogP contribution in [-0.4, -0.2) is 14.8 Å². The highest BCUT2D eigenvalue weighted by molar-refractivity contribution is 7.18. The van der Waals surface area contributed by atoms with Gasteiger partial charge >= 0.3 is 0 Å². The second-order valence-corrected chi connectivity index (χ2v) is 6.82. The zero-order valence-corrected chi connectivity index (χ0v) is 14.7. The molecule has 4 nitrogen and oxygen atoms in total. The summed E-state index contributed by atoms with van der Waals surface area (Å²) in [5, 5.41) is 8.95. The summed E-state index contributed by atoms with van der Waals surface area (Å²) in [4.78, 5) is 5.66. The van der Waals surface area contributed by atoms with Crippen molar-refractivity contribution in [2.24, 2.45) is 7.05 Å². The van der Waals surface area contributed by atoms with Crippen molar-refractivity contribution in [1.29, 1.82) is 0 Å². The molecule has 0 aliphatic heterocycles. The molecular formula is C20H18N4S. The Morgan fingerprint density at radius 1 is 0.960 bits per heavy atom. The largest absolute Gasteiger partial charge is 0.357 e. The van der Waals surface area contributed by atoms with Gasteiger partial charge in [0.05, 0.1) is 10.6 Å². The molecule has 25 heavy (non-hydrogen) atoms. The topological polar surface area (TPSA) is 42.7 Å². The fraction of sp³-hybridized carbons (Fsp3) is 0.100. The Balaban J connectivity index is 1.52. The van der Waals surface area contributed by atoms with Crippen molar-refractivity contribution in [3.63, 3.8) is 0 Å². The molecule has 0 saturated carbocycles. The van der Waals surface area contributed by atoms with Gasteiger partial charge in [0.15, 0.2) is 5.13 Å². The van der Waals surface area contributed by atoms with Gasteiger partial charge in [0, 0.05) is 37.1 Å². The summed E-state index contributed by atoms with van der Waals surface area (Å²) in [7, 11) is 1.95. The van der Waals surface area contributed by atoms with Gasteiger partial charge in [-0.2, -0.15) is 5.10 Å². The van der Waals surface area contributed by atoms with Gasteiger partial charge in [0.1, 0.15) is 0 Å². The number of hydrogen-bond acceptors (Lipinski definition) is 4. The first-order valence-corrected chi connectivity index (χ1v) is 8.94. The molecule has 4 rings (SSSR count). The van der Waals surface area contributed by atoms with Gasteiger partial charge in [-0.25, -0.2) is 4.98 Å². The summed E-state index contributed by atoms with van der Waals surface area (Å²) in [6.45, 7) is 0.694.